The Bertz CT molecular complexity index is 408. The van der Waals surface area contributed by atoms with Crippen molar-refractivity contribution in [2.24, 2.45) is 0 Å². The number of likely N-dealkylation sites (N-methyl/N-ethyl adjacent to an activating group) is 1. The summed E-state index contributed by atoms with van der Waals surface area (Å²) in [6, 6.07) is 0. The van der Waals surface area contributed by atoms with Gasteiger partial charge in [-0.2, -0.15) is 0 Å². The number of aromatic nitrogens is 3. The number of nitrogens with zero attached hydrogens (tertiary/aromatic N) is 3. The van der Waals surface area contributed by atoms with Crippen LogP contribution in [0.25, 0.3) is 0 Å². The van der Waals surface area contributed by atoms with Crippen molar-refractivity contribution in [3.05, 3.63) is 11.6 Å². The zero-order valence-corrected chi connectivity index (χ0v) is 12.0. The Morgan fingerprint density at radius 1 is 1.44 bits per heavy atom. The van der Waals surface area contributed by atoms with Crippen molar-refractivity contribution in [2.75, 3.05) is 20.6 Å². The summed E-state index contributed by atoms with van der Waals surface area (Å²) in [6.07, 6.45) is 0. The van der Waals surface area contributed by atoms with Crippen molar-refractivity contribution in [3.8, 4) is 0 Å². The van der Waals surface area contributed by atoms with Crippen molar-refractivity contribution in [1.82, 2.24) is 25.4 Å². The summed E-state index contributed by atoms with van der Waals surface area (Å²) in [4.78, 5) is 18.1. The number of aromatic amines is 1. The van der Waals surface area contributed by atoms with Crippen molar-refractivity contribution in [3.63, 3.8) is 0 Å². The van der Waals surface area contributed by atoms with Gasteiger partial charge in [0.2, 0.25) is 5.82 Å². The molecule has 102 valence electrons. The largest absolute Gasteiger partial charge is 0.347 e. The molecular weight excluding hydrogens is 230 g/mol. The molecule has 0 saturated heterocycles. The number of amides is 1. The van der Waals surface area contributed by atoms with Gasteiger partial charge in [0.25, 0.3) is 5.91 Å². The summed E-state index contributed by atoms with van der Waals surface area (Å²) >= 11 is 0. The smallest absolute Gasteiger partial charge is 0.291 e. The molecule has 1 aromatic rings. The second kappa shape index (κ2) is 5.48. The van der Waals surface area contributed by atoms with Crippen LogP contribution in [-0.4, -0.2) is 52.2 Å². The highest BCUT2D eigenvalue weighted by atomic mass is 16.2. The average molecular weight is 253 g/mol. The number of H-pyrrole nitrogens is 1. The maximum Gasteiger partial charge on any atom is 0.291 e. The molecule has 0 unspecified atom stereocenters. The molecule has 0 aliphatic rings. The summed E-state index contributed by atoms with van der Waals surface area (Å²) in [5, 5.41) is 9.54. The lowest BCUT2D eigenvalue weighted by Crippen LogP contribution is -2.48. The highest BCUT2D eigenvalue weighted by Crippen LogP contribution is 2.09. The molecule has 0 bridgehead atoms. The quantitative estimate of drug-likeness (QED) is 0.821. The Morgan fingerprint density at radius 3 is 2.50 bits per heavy atom. The lowest BCUT2D eigenvalue weighted by atomic mass is 10.0. The summed E-state index contributed by atoms with van der Waals surface area (Å²) in [5.74, 6) is 0.922. The van der Waals surface area contributed by atoms with Crippen molar-refractivity contribution < 1.29 is 4.79 Å². The molecule has 0 aliphatic carbocycles. The zero-order valence-electron chi connectivity index (χ0n) is 12.0. The molecule has 1 amide bonds. The Balaban J connectivity index is 2.60. The van der Waals surface area contributed by atoms with Gasteiger partial charge in [-0.25, -0.2) is 4.98 Å². The minimum Gasteiger partial charge on any atom is -0.347 e. The van der Waals surface area contributed by atoms with Crippen LogP contribution in [0.1, 0.15) is 50.1 Å². The lowest BCUT2D eigenvalue weighted by molar-refractivity contribution is 0.0909. The normalized spacial score (nSPS) is 12.2. The van der Waals surface area contributed by atoms with Crippen LogP contribution in [0.15, 0.2) is 0 Å². The van der Waals surface area contributed by atoms with Gasteiger partial charge in [-0.1, -0.05) is 13.8 Å². The SMILES string of the molecule is CC(C)c1nc(C(=O)NCC(C)(C)N(C)C)n[nH]1. The first-order valence-corrected chi connectivity index (χ1v) is 6.12. The van der Waals surface area contributed by atoms with E-state index in [4.69, 9.17) is 0 Å². The van der Waals surface area contributed by atoms with Gasteiger partial charge in [0.05, 0.1) is 0 Å². The van der Waals surface area contributed by atoms with Gasteiger partial charge in [-0.05, 0) is 27.9 Å². The summed E-state index contributed by atoms with van der Waals surface area (Å²) in [5.41, 5.74) is -0.104. The minimum atomic E-state index is -0.243. The molecule has 6 heteroatoms. The van der Waals surface area contributed by atoms with Crippen LogP contribution in [0.3, 0.4) is 0 Å². The fraction of sp³-hybridized carbons (Fsp3) is 0.750. The van der Waals surface area contributed by atoms with Gasteiger partial charge in [-0.3, -0.25) is 9.89 Å². The molecule has 0 spiro atoms. The fourth-order valence-corrected chi connectivity index (χ4v) is 1.17. The second-order valence-corrected chi connectivity index (χ2v) is 5.59. The van der Waals surface area contributed by atoms with Gasteiger partial charge in [0.15, 0.2) is 0 Å². The zero-order chi connectivity index (χ0) is 13.9. The molecule has 0 saturated carbocycles. The van der Waals surface area contributed by atoms with Crippen molar-refractivity contribution in [1.29, 1.82) is 0 Å². The summed E-state index contributed by atoms with van der Waals surface area (Å²) in [6.45, 7) is 8.66. The molecule has 1 aromatic heterocycles. The lowest BCUT2D eigenvalue weighted by Gasteiger charge is -2.32. The van der Waals surface area contributed by atoms with Gasteiger partial charge in [0.1, 0.15) is 5.82 Å². The van der Waals surface area contributed by atoms with E-state index >= 15 is 0 Å². The highest BCUT2D eigenvalue weighted by Gasteiger charge is 2.22. The van der Waals surface area contributed by atoms with E-state index in [1.165, 1.54) is 0 Å². The Hall–Kier alpha value is -1.43. The maximum absolute atomic E-state index is 11.9. The molecule has 0 aromatic carbocycles. The first-order chi connectivity index (χ1) is 8.24. The molecule has 0 radical (unpaired) electrons. The Morgan fingerprint density at radius 2 is 2.06 bits per heavy atom. The third-order valence-corrected chi connectivity index (χ3v) is 3.14. The predicted molar refractivity (Wildman–Crippen MR) is 70.6 cm³/mol. The third kappa shape index (κ3) is 3.53. The highest BCUT2D eigenvalue weighted by molar-refractivity contribution is 5.90. The Labute approximate surface area is 108 Å². The topological polar surface area (TPSA) is 73.9 Å². The number of hydrogen-bond acceptors (Lipinski definition) is 4. The summed E-state index contributed by atoms with van der Waals surface area (Å²) in [7, 11) is 3.96. The van der Waals surface area contributed by atoms with Crippen LogP contribution in [0.2, 0.25) is 0 Å². The van der Waals surface area contributed by atoms with Crippen LogP contribution < -0.4 is 5.32 Å². The van der Waals surface area contributed by atoms with Gasteiger partial charge in [0, 0.05) is 18.0 Å². The molecule has 18 heavy (non-hydrogen) atoms. The van der Waals surface area contributed by atoms with Crippen molar-refractivity contribution >= 4 is 5.91 Å². The van der Waals surface area contributed by atoms with E-state index in [2.05, 4.69) is 39.2 Å². The number of rotatable bonds is 5. The number of nitrogens with one attached hydrogen (secondary N) is 2. The standard InChI is InChI=1S/C12H23N5O/c1-8(2)9-14-10(16-15-9)11(18)13-7-12(3,4)17(5)6/h8H,7H2,1-6H3,(H,13,18)(H,14,15,16). The molecule has 0 aliphatic heterocycles. The predicted octanol–water partition coefficient (Wildman–Crippen LogP) is 0.998. The van der Waals surface area contributed by atoms with Crippen LogP contribution >= 0.6 is 0 Å². The number of carbonyl (C=O) groups excluding carboxylic acids is 1. The van der Waals surface area contributed by atoms with Crippen LogP contribution in [0.5, 0.6) is 0 Å². The summed E-state index contributed by atoms with van der Waals surface area (Å²) < 4.78 is 0. The first-order valence-electron chi connectivity index (χ1n) is 6.12. The van der Waals surface area contributed by atoms with E-state index in [0.29, 0.717) is 6.54 Å². The number of carbonyl (C=O) groups is 1. The Kier molecular flexibility index (Phi) is 4.45. The fourth-order valence-electron chi connectivity index (χ4n) is 1.17. The molecule has 2 N–H and O–H groups in total. The van der Waals surface area contributed by atoms with Gasteiger partial charge in [-0.15, -0.1) is 5.10 Å². The van der Waals surface area contributed by atoms with Crippen molar-refractivity contribution in [2.45, 2.75) is 39.2 Å². The first kappa shape index (κ1) is 14.6. The van der Waals surface area contributed by atoms with E-state index < -0.39 is 0 Å². The van der Waals surface area contributed by atoms with Crippen LogP contribution in [0.4, 0.5) is 0 Å². The molecule has 0 fully saturated rings. The molecular formula is C12H23N5O. The van der Waals surface area contributed by atoms with Crippen LogP contribution in [-0.2, 0) is 0 Å². The monoisotopic (exact) mass is 253 g/mol. The average Bonchev–Trinajstić information content (AvgIpc) is 2.75. The molecule has 1 rings (SSSR count). The van der Waals surface area contributed by atoms with E-state index in [1.54, 1.807) is 0 Å². The van der Waals surface area contributed by atoms with Crippen LogP contribution in [0, 0.1) is 0 Å². The van der Waals surface area contributed by atoms with E-state index in [-0.39, 0.29) is 23.2 Å². The third-order valence-electron chi connectivity index (χ3n) is 3.14. The van der Waals surface area contributed by atoms with E-state index in [0.717, 1.165) is 5.82 Å². The molecule has 6 nitrogen and oxygen atoms in total. The van der Waals surface area contributed by atoms with Gasteiger partial charge < -0.3 is 10.2 Å². The molecule has 0 atom stereocenters. The minimum absolute atomic E-state index is 0.104. The van der Waals surface area contributed by atoms with Gasteiger partial charge >= 0.3 is 0 Å². The van der Waals surface area contributed by atoms with E-state index in [9.17, 15) is 4.79 Å². The molecule has 1 heterocycles. The maximum atomic E-state index is 11.9. The second-order valence-electron chi connectivity index (χ2n) is 5.59. The van der Waals surface area contributed by atoms with E-state index in [1.807, 2.05) is 27.9 Å². The number of hydrogen-bond donors (Lipinski definition) is 2.